The fourth-order valence-electron chi connectivity index (χ4n) is 3.14. The molecule has 0 spiro atoms. The van der Waals surface area contributed by atoms with E-state index in [4.69, 9.17) is 0 Å². The summed E-state index contributed by atoms with van der Waals surface area (Å²) in [5.41, 5.74) is 2.17. The molecule has 0 saturated heterocycles. The number of anilines is 1. The Labute approximate surface area is 142 Å². The van der Waals surface area contributed by atoms with Crippen LogP contribution in [0.3, 0.4) is 0 Å². The van der Waals surface area contributed by atoms with Gasteiger partial charge in [0, 0.05) is 35.9 Å². The fourth-order valence-corrected chi connectivity index (χ4v) is 3.14. The summed E-state index contributed by atoms with van der Waals surface area (Å²) in [4.78, 5) is 29.1. The number of nitrogens with zero attached hydrogens (tertiary/aromatic N) is 3. The normalized spacial score (nSPS) is 13.0. The lowest BCUT2D eigenvalue weighted by Gasteiger charge is -2.18. The lowest BCUT2D eigenvalue weighted by Crippen LogP contribution is -2.28. The first-order valence-electron chi connectivity index (χ1n) is 7.71. The molecular formula is C18H13N3O4. The summed E-state index contributed by atoms with van der Waals surface area (Å²) in [6.07, 6.45) is 2.16. The van der Waals surface area contributed by atoms with E-state index in [0.717, 1.165) is 10.9 Å². The zero-order valence-corrected chi connectivity index (χ0v) is 13.0. The highest BCUT2D eigenvalue weighted by Crippen LogP contribution is 2.34. The van der Waals surface area contributed by atoms with Crippen molar-refractivity contribution in [1.29, 1.82) is 0 Å². The number of fused-ring (bicyclic) bond motifs is 2. The van der Waals surface area contributed by atoms with Crippen LogP contribution in [0.4, 0.5) is 11.4 Å². The topological polar surface area (TPSA) is 96.6 Å². The number of phenols is 1. The van der Waals surface area contributed by atoms with Crippen molar-refractivity contribution in [2.45, 2.75) is 6.42 Å². The predicted octanol–water partition coefficient (Wildman–Crippen LogP) is 3.05. The van der Waals surface area contributed by atoms with E-state index in [1.54, 1.807) is 30.5 Å². The first-order valence-corrected chi connectivity index (χ1v) is 7.71. The van der Waals surface area contributed by atoms with Crippen LogP contribution in [0, 0.1) is 10.1 Å². The van der Waals surface area contributed by atoms with Crippen molar-refractivity contribution in [3.63, 3.8) is 0 Å². The van der Waals surface area contributed by atoms with Gasteiger partial charge in [-0.2, -0.15) is 0 Å². The minimum absolute atomic E-state index is 0.00537. The van der Waals surface area contributed by atoms with Gasteiger partial charge in [0.1, 0.15) is 5.75 Å². The van der Waals surface area contributed by atoms with Crippen LogP contribution in [0.5, 0.6) is 5.75 Å². The van der Waals surface area contributed by atoms with Gasteiger partial charge in [-0.1, -0.05) is 6.07 Å². The Bertz CT molecular complexity index is 1030. The Morgan fingerprint density at radius 2 is 2.08 bits per heavy atom. The van der Waals surface area contributed by atoms with Crippen LogP contribution in [0.25, 0.3) is 10.9 Å². The molecule has 7 heteroatoms. The van der Waals surface area contributed by atoms with Crippen molar-refractivity contribution in [1.82, 2.24) is 4.98 Å². The zero-order chi connectivity index (χ0) is 17.6. The van der Waals surface area contributed by atoms with E-state index in [1.165, 1.54) is 23.1 Å². The van der Waals surface area contributed by atoms with Crippen molar-refractivity contribution >= 4 is 28.2 Å². The zero-order valence-electron chi connectivity index (χ0n) is 13.0. The van der Waals surface area contributed by atoms with Crippen molar-refractivity contribution in [3.8, 4) is 5.75 Å². The smallest absolute Gasteiger partial charge is 0.269 e. The first kappa shape index (κ1) is 15.1. The molecule has 124 valence electrons. The number of phenolic OH excluding ortho intramolecular Hbond substituents is 1. The van der Waals surface area contributed by atoms with E-state index in [9.17, 15) is 20.0 Å². The molecule has 1 aliphatic heterocycles. The lowest BCUT2D eigenvalue weighted by molar-refractivity contribution is -0.384. The van der Waals surface area contributed by atoms with Crippen LogP contribution < -0.4 is 4.90 Å². The molecule has 1 aromatic heterocycles. The maximum absolute atomic E-state index is 12.9. The molecule has 1 amide bonds. The SMILES string of the molecule is O=C(c1cc2ncccc2cc1O)N1CCc2cc([N+](=O)[O-])ccc21. The van der Waals surface area contributed by atoms with Gasteiger partial charge in [0.2, 0.25) is 0 Å². The van der Waals surface area contributed by atoms with Crippen LogP contribution in [-0.4, -0.2) is 27.5 Å². The van der Waals surface area contributed by atoms with Gasteiger partial charge in [-0.3, -0.25) is 19.9 Å². The minimum atomic E-state index is -0.453. The average molecular weight is 335 g/mol. The molecule has 0 aliphatic carbocycles. The monoisotopic (exact) mass is 335 g/mol. The molecule has 1 N–H and O–H groups in total. The van der Waals surface area contributed by atoms with Crippen molar-refractivity contribution in [2.75, 3.05) is 11.4 Å². The lowest BCUT2D eigenvalue weighted by atomic mass is 10.1. The number of nitro groups is 1. The number of rotatable bonds is 2. The number of carbonyl (C=O) groups excluding carboxylic acids is 1. The number of pyridine rings is 1. The second-order valence-corrected chi connectivity index (χ2v) is 5.84. The van der Waals surface area contributed by atoms with E-state index in [1.807, 2.05) is 0 Å². The van der Waals surface area contributed by atoms with E-state index in [2.05, 4.69) is 4.98 Å². The van der Waals surface area contributed by atoms with E-state index in [-0.39, 0.29) is 22.9 Å². The third kappa shape index (κ3) is 2.46. The number of aromatic nitrogens is 1. The van der Waals surface area contributed by atoms with Crippen LogP contribution in [0.1, 0.15) is 15.9 Å². The van der Waals surface area contributed by atoms with Gasteiger partial charge in [0.25, 0.3) is 11.6 Å². The summed E-state index contributed by atoms with van der Waals surface area (Å²) < 4.78 is 0. The molecule has 0 radical (unpaired) electrons. The molecule has 2 heterocycles. The summed E-state index contributed by atoms with van der Waals surface area (Å²) in [5.74, 6) is -0.460. The number of amides is 1. The molecule has 1 aliphatic rings. The van der Waals surface area contributed by atoms with Crippen LogP contribution in [-0.2, 0) is 6.42 Å². The van der Waals surface area contributed by atoms with Crippen LogP contribution >= 0.6 is 0 Å². The van der Waals surface area contributed by atoms with Crippen molar-refractivity contribution < 1.29 is 14.8 Å². The number of hydrogen-bond acceptors (Lipinski definition) is 5. The van der Waals surface area contributed by atoms with E-state index >= 15 is 0 Å². The van der Waals surface area contributed by atoms with Crippen molar-refractivity contribution in [2.24, 2.45) is 0 Å². The van der Waals surface area contributed by atoms with Gasteiger partial charge >= 0.3 is 0 Å². The Balaban J connectivity index is 1.74. The van der Waals surface area contributed by atoms with Crippen molar-refractivity contribution in [3.05, 3.63) is 69.9 Å². The maximum Gasteiger partial charge on any atom is 0.269 e. The number of carbonyl (C=O) groups is 1. The third-order valence-electron chi connectivity index (χ3n) is 4.37. The predicted molar refractivity (Wildman–Crippen MR) is 91.9 cm³/mol. The molecule has 25 heavy (non-hydrogen) atoms. The molecule has 4 rings (SSSR count). The molecule has 7 nitrogen and oxygen atoms in total. The van der Waals surface area contributed by atoms with Crippen LogP contribution in [0.2, 0.25) is 0 Å². The second-order valence-electron chi connectivity index (χ2n) is 5.84. The summed E-state index contributed by atoms with van der Waals surface area (Å²) in [6, 6.07) is 11.1. The molecule has 0 saturated carbocycles. The highest BCUT2D eigenvalue weighted by molar-refractivity contribution is 6.10. The molecule has 2 aromatic carbocycles. The summed E-state index contributed by atoms with van der Waals surface area (Å²) in [7, 11) is 0. The molecule has 0 atom stereocenters. The van der Waals surface area contributed by atoms with Gasteiger partial charge in [-0.15, -0.1) is 0 Å². The summed E-state index contributed by atoms with van der Waals surface area (Å²) >= 11 is 0. The van der Waals surface area contributed by atoms with Crippen LogP contribution in [0.15, 0.2) is 48.7 Å². The summed E-state index contributed by atoms with van der Waals surface area (Å²) in [6.45, 7) is 0.412. The number of nitro benzene ring substituents is 1. The molecule has 3 aromatic rings. The Kier molecular flexibility index (Phi) is 3.35. The Hall–Kier alpha value is -3.48. The average Bonchev–Trinajstić information content (AvgIpc) is 3.03. The van der Waals surface area contributed by atoms with Gasteiger partial charge in [0.15, 0.2) is 0 Å². The highest BCUT2D eigenvalue weighted by atomic mass is 16.6. The van der Waals surface area contributed by atoms with Gasteiger partial charge in [0.05, 0.1) is 16.0 Å². The maximum atomic E-state index is 12.9. The van der Waals surface area contributed by atoms with E-state index in [0.29, 0.717) is 24.2 Å². The molecular weight excluding hydrogens is 322 g/mol. The Morgan fingerprint density at radius 3 is 2.88 bits per heavy atom. The third-order valence-corrected chi connectivity index (χ3v) is 4.37. The standard InChI is InChI=1S/C18H13N3O4/c22-17-9-11-2-1-6-19-15(11)10-14(17)18(23)20-7-5-12-8-13(21(24)25)3-4-16(12)20/h1-4,6,8-10,22H,5,7H2. The van der Waals surface area contributed by atoms with Gasteiger partial charge in [-0.25, -0.2) is 0 Å². The quantitative estimate of drug-likeness (QED) is 0.573. The largest absolute Gasteiger partial charge is 0.507 e. The Morgan fingerprint density at radius 1 is 1.24 bits per heavy atom. The number of hydrogen-bond donors (Lipinski definition) is 1. The number of aromatic hydroxyl groups is 1. The van der Waals surface area contributed by atoms with Gasteiger partial charge in [-0.05, 0) is 36.2 Å². The molecule has 0 bridgehead atoms. The highest BCUT2D eigenvalue weighted by Gasteiger charge is 2.28. The minimum Gasteiger partial charge on any atom is -0.507 e. The number of benzene rings is 2. The first-order chi connectivity index (χ1) is 12.0. The number of non-ortho nitro benzene ring substituents is 1. The van der Waals surface area contributed by atoms with E-state index < -0.39 is 4.92 Å². The second kappa shape index (κ2) is 5.55. The summed E-state index contributed by atoms with van der Waals surface area (Å²) in [5, 5.41) is 21.9. The fraction of sp³-hybridized carbons (Fsp3) is 0.111. The van der Waals surface area contributed by atoms with Gasteiger partial charge < -0.3 is 10.0 Å². The molecule has 0 fully saturated rings. The molecule has 0 unspecified atom stereocenters.